The predicted molar refractivity (Wildman–Crippen MR) is 51.3 cm³/mol. The lowest BCUT2D eigenvalue weighted by Gasteiger charge is -2.21. The summed E-state index contributed by atoms with van der Waals surface area (Å²) in [6.07, 6.45) is 0. The van der Waals surface area contributed by atoms with Crippen molar-refractivity contribution in [3.8, 4) is 0 Å². The van der Waals surface area contributed by atoms with Crippen LogP contribution in [0.3, 0.4) is 0 Å². The summed E-state index contributed by atoms with van der Waals surface area (Å²) in [5, 5.41) is 0. The molecule has 0 unspecified atom stereocenters. The van der Waals surface area contributed by atoms with Crippen LogP contribution >= 0.6 is 0 Å². The second-order valence-electron chi connectivity index (χ2n) is 4.19. The molecule has 0 aliphatic rings. The van der Waals surface area contributed by atoms with Crippen LogP contribution in [0.2, 0.25) is 0 Å². The third-order valence-electron chi connectivity index (χ3n) is 2.24. The molecule has 0 atom stereocenters. The van der Waals surface area contributed by atoms with E-state index >= 15 is 0 Å². The normalized spacial score (nSPS) is 11.6. The van der Waals surface area contributed by atoms with Crippen LogP contribution in [-0.4, -0.2) is 24.9 Å². The Morgan fingerprint density at radius 3 is 1.55 bits per heavy atom. The van der Waals surface area contributed by atoms with Gasteiger partial charge in [-0.05, 0) is 11.8 Å². The van der Waals surface area contributed by atoms with Crippen LogP contribution in [0.5, 0.6) is 0 Å². The van der Waals surface area contributed by atoms with Crippen molar-refractivity contribution in [2.24, 2.45) is 17.8 Å². The van der Waals surface area contributed by atoms with Gasteiger partial charge in [0.2, 0.25) is 0 Å². The van der Waals surface area contributed by atoms with Gasteiger partial charge in [-0.15, -0.1) is 0 Å². The molecule has 0 aromatic heterocycles. The highest BCUT2D eigenvalue weighted by atomic mass is 14.9. The van der Waals surface area contributed by atoms with E-state index in [1.54, 1.807) is 0 Å². The van der Waals surface area contributed by atoms with E-state index in [2.05, 4.69) is 34.4 Å². The second kappa shape index (κ2) is 4.53. The predicted octanol–water partition coefficient (Wildman–Crippen LogP) is 2.26. The maximum atomic E-state index is 3.88. The summed E-state index contributed by atoms with van der Waals surface area (Å²) in [5.74, 6) is 2.30. The summed E-state index contributed by atoms with van der Waals surface area (Å²) in [6.45, 7) is 14.1. The Balaban J connectivity index is 4.00. The lowest BCUT2D eigenvalue weighted by Crippen LogP contribution is -2.25. The summed E-state index contributed by atoms with van der Waals surface area (Å²) >= 11 is 0. The van der Waals surface area contributed by atoms with Crippen LogP contribution in [0.1, 0.15) is 27.7 Å². The smallest absolute Gasteiger partial charge is 0.145 e. The van der Waals surface area contributed by atoms with Gasteiger partial charge in [0, 0.05) is 5.92 Å². The van der Waals surface area contributed by atoms with E-state index in [0.717, 1.165) is 24.3 Å². The fraction of sp³-hybridized carbons (Fsp3) is 0.900. The first kappa shape index (κ1) is 10.7. The van der Waals surface area contributed by atoms with Crippen LogP contribution in [0.25, 0.3) is 0 Å². The minimum absolute atomic E-state index is 0.763. The molecule has 0 saturated carbocycles. The molecule has 1 nitrogen and oxygen atoms in total. The summed E-state index contributed by atoms with van der Waals surface area (Å²) in [5.41, 5.74) is 0. The van der Waals surface area contributed by atoms with Crippen molar-refractivity contribution in [2.45, 2.75) is 27.7 Å². The van der Waals surface area contributed by atoms with Gasteiger partial charge in [0.15, 0.2) is 0 Å². The molecule has 0 fully saturated rings. The second-order valence-corrected chi connectivity index (χ2v) is 4.19. The molecule has 0 radical (unpaired) electrons. The van der Waals surface area contributed by atoms with Gasteiger partial charge >= 0.3 is 0 Å². The standard InChI is InChI=1S/C10H22N/c1-8(2)10(9(3)4)7-11(5)6/h8-10H,5,7H2,1-4,6H3/q+1. The molecular weight excluding hydrogens is 134 g/mol. The maximum Gasteiger partial charge on any atom is 0.145 e. The molecule has 0 aliphatic carbocycles. The zero-order chi connectivity index (χ0) is 9.02. The van der Waals surface area contributed by atoms with Crippen LogP contribution in [0.4, 0.5) is 0 Å². The molecule has 0 aliphatic heterocycles. The van der Waals surface area contributed by atoms with Gasteiger partial charge in [-0.25, -0.2) is 4.58 Å². The lowest BCUT2D eigenvalue weighted by atomic mass is 9.85. The summed E-state index contributed by atoms with van der Waals surface area (Å²) in [4.78, 5) is 0. The highest BCUT2D eigenvalue weighted by Gasteiger charge is 2.20. The fourth-order valence-corrected chi connectivity index (χ4v) is 1.55. The first-order chi connectivity index (χ1) is 4.95. The number of hydrogen-bond acceptors (Lipinski definition) is 0. The van der Waals surface area contributed by atoms with Gasteiger partial charge in [-0.2, -0.15) is 0 Å². The Kier molecular flexibility index (Phi) is 4.39. The molecule has 0 amide bonds. The summed E-state index contributed by atoms with van der Waals surface area (Å²) < 4.78 is 2.03. The van der Waals surface area contributed by atoms with Crippen LogP contribution in [0.15, 0.2) is 0 Å². The van der Waals surface area contributed by atoms with E-state index in [-0.39, 0.29) is 0 Å². The maximum absolute atomic E-state index is 3.88. The summed E-state index contributed by atoms with van der Waals surface area (Å²) in [6, 6.07) is 0. The molecular formula is C10H22N+. The van der Waals surface area contributed by atoms with E-state index in [0.29, 0.717) is 0 Å². The molecule has 0 aromatic rings. The van der Waals surface area contributed by atoms with Crippen molar-refractivity contribution >= 4 is 6.72 Å². The van der Waals surface area contributed by atoms with Gasteiger partial charge in [0.05, 0.1) is 0 Å². The zero-order valence-electron chi connectivity index (χ0n) is 8.59. The monoisotopic (exact) mass is 156 g/mol. The van der Waals surface area contributed by atoms with Gasteiger partial charge in [0.25, 0.3) is 0 Å². The molecule has 0 saturated heterocycles. The first-order valence-corrected chi connectivity index (χ1v) is 4.46. The third-order valence-corrected chi connectivity index (χ3v) is 2.24. The Labute approximate surface area is 71.1 Å². The average Bonchev–Trinajstić information content (AvgIpc) is 1.81. The molecule has 0 spiro atoms. The highest BCUT2D eigenvalue weighted by Crippen LogP contribution is 2.19. The lowest BCUT2D eigenvalue weighted by molar-refractivity contribution is -0.499. The van der Waals surface area contributed by atoms with Crippen LogP contribution in [0, 0.1) is 17.8 Å². The van der Waals surface area contributed by atoms with Gasteiger partial charge in [-0.1, -0.05) is 27.7 Å². The Hall–Kier alpha value is -0.330. The van der Waals surface area contributed by atoms with Crippen LogP contribution < -0.4 is 0 Å². The average molecular weight is 156 g/mol. The number of hydrogen-bond donors (Lipinski definition) is 0. The molecule has 0 bridgehead atoms. The molecule has 66 valence electrons. The Morgan fingerprint density at radius 1 is 1.09 bits per heavy atom. The Bertz CT molecular complexity index is 117. The van der Waals surface area contributed by atoms with Gasteiger partial charge in [0.1, 0.15) is 20.3 Å². The van der Waals surface area contributed by atoms with Gasteiger partial charge < -0.3 is 0 Å². The van der Waals surface area contributed by atoms with Crippen molar-refractivity contribution in [1.29, 1.82) is 0 Å². The van der Waals surface area contributed by atoms with Gasteiger partial charge in [-0.3, -0.25) is 0 Å². The van der Waals surface area contributed by atoms with Crippen LogP contribution in [-0.2, 0) is 0 Å². The topological polar surface area (TPSA) is 3.01 Å². The van der Waals surface area contributed by atoms with Crippen molar-refractivity contribution in [1.82, 2.24) is 0 Å². The SMILES string of the molecule is C=[N+](C)CC(C(C)C)C(C)C. The Morgan fingerprint density at radius 2 is 1.45 bits per heavy atom. The largest absolute Gasteiger partial charge is 0.245 e. The minimum atomic E-state index is 0.763. The molecule has 0 N–H and O–H groups in total. The number of nitrogens with zero attached hydrogens (tertiary/aromatic N) is 1. The van der Waals surface area contributed by atoms with Crippen molar-refractivity contribution in [3.05, 3.63) is 0 Å². The van der Waals surface area contributed by atoms with Crippen molar-refractivity contribution in [3.63, 3.8) is 0 Å². The molecule has 1 heteroatoms. The molecule has 11 heavy (non-hydrogen) atoms. The van der Waals surface area contributed by atoms with E-state index in [4.69, 9.17) is 0 Å². The van der Waals surface area contributed by atoms with Crippen molar-refractivity contribution in [2.75, 3.05) is 13.6 Å². The van der Waals surface area contributed by atoms with E-state index in [9.17, 15) is 0 Å². The third kappa shape index (κ3) is 4.18. The first-order valence-electron chi connectivity index (χ1n) is 4.46. The minimum Gasteiger partial charge on any atom is -0.245 e. The molecule has 0 aromatic carbocycles. The summed E-state index contributed by atoms with van der Waals surface area (Å²) in [7, 11) is 2.04. The molecule has 0 rings (SSSR count). The van der Waals surface area contributed by atoms with E-state index in [1.807, 2.05) is 11.6 Å². The zero-order valence-corrected chi connectivity index (χ0v) is 8.59. The highest BCUT2D eigenvalue weighted by molar-refractivity contribution is 5.14. The van der Waals surface area contributed by atoms with Crippen molar-refractivity contribution < 1.29 is 4.58 Å². The number of rotatable bonds is 4. The quantitative estimate of drug-likeness (QED) is 0.434. The fourth-order valence-electron chi connectivity index (χ4n) is 1.55. The van der Waals surface area contributed by atoms with E-state index < -0.39 is 0 Å². The van der Waals surface area contributed by atoms with E-state index in [1.165, 1.54) is 0 Å². The molecule has 0 heterocycles.